The van der Waals surface area contributed by atoms with Crippen molar-refractivity contribution in [3.05, 3.63) is 77.9 Å². The zero-order valence-corrected chi connectivity index (χ0v) is 16.2. The van der Waals surface area contributed by atoms with Gasteiger partial charge >= 0.3 is 0 Å². The summed E-state index contributed by atoms with van der Waals surface area (Å²) in [5.41, 5.74) is 3.28. The van der Waals surface area contributed by atoms with Gasteiger partial charge in [0.2, 0.25) is 5.91 Å². The monoisotopic (exact) mass is 379 g/mol. The number of hydrogen-bond acceptors (Lipinski definition) is 4. The van der Waals surface area contributed by atoms with Gasteiger partial charge < -0.3 is 19.4 Å². The zero-order chi connectivity index (χ0) is 19.8. The third-order valence-corrected chi connectivity index (χ3v) is 4.49. The average Bonchev–Trinajstić information content (AvgIpc) is 3.24. The van der Waals surface area contributed by atoms with Crippen LogP contribution in [0.15, 0.2) is 61.2 Å². The van der Waals surface area contributed by atoms with Crippen LogP contribution in [0.2, 0.25) is 0 Å². The van der Waals surface area contributed by atoms with Crippen LogP contribution in [0.25, 0.3) is 0 Å². The number of aryl methyl sites for hydroxylation is 1. The number of carbonyl (C=O) groups excluding carboxylic acids is 1. The molecule has 1 N–H and O–H groups in total. The molecule has 1 heterocycles. The van der Waals surface area contributed by atoms with Crippen molar-refractivity contribution in [2.24, 2.45) is 0 Å². The maximum absolute atomic E-state index is 12.2. The highest BCUT2D eigenvalue weighted by molar-refractivity contribution is 5.76. The van der Waals surface area contributed by atoms with Gasteiger partial charge in [-0.15, -0.1) is 0 Å². The number of imidazole rings is 1. The SMILES string of the molecule is COc1cc(CCC(=O)NCc2ccc(Cn3ccnc3)cc2)cc(OC)c1. The molecule has 0 saturated heterocycles. The minimum atomic E-state index is 0.0179. The molecular weight excluding hydrogens is 354 g/mol. The topological polar surface area (TPSA) is 65.4 Å². The molecule has 0 atom stereocenters. The van der Waals surface area contributed by atoms with Crippen molar-refractivity contribution in [1.82, 2.24) is 14.9 Å². The van der Waals surface area contributed by atoms with Crippen LogP contribution >= 0.6 is 0 Å². The third kappa shape index (κ3) is 5.61. The Kier molecular flexibility index (Phi) is 6.68. The van der Waals surface area contributed by atoms with Crippen molar-refractivity contribution in [2.45, 2.75) is 25.9 Å². The molecule has 0 aliphatic rings. The van der Waals surface area contributed by atoms with Crippen LogP contribution in [0.1, 0.15) is 23.1 Å². The van der Waals surface area contributed by atoms with E-state index in [2.05, 4.69) is 22.4 Å². The Hall–Kier alpha value is -3.28. The zero-order valence-electron chi connectivity index (χ0n) is 16.2. The molecule has 0 spiro atoms. The number of carbonyl (C=O) groups is 1. The van der Waals surface area contributed by atoms with Gasteiger partial charge in [0.25, 0.3) is 0 Å². The molecule has 146 valence electrons. The molecule has 6 heteroatoms. The molecule has 1 amide bonds. The molecule has 0 saturated carbocycles. The first kappa shape index (κ1) is 19.5. The lowest BCUT2D eigenvalue weighted by Gasteiger charge is -2.09. The predicted molar refractivity (Wildman–Crippen MR) is 107 cm³/mol. The van der Waals surface area contributed by atoms with Crippen LogP contribution in [0.4, 0.5) is 0 Å². The van der Waals surface area contributed by atoms with E-state index in [0.29, 0.717) is 19.4 Å². The van der Waals surface area contributed by atoms with Crippen LogP contribution in [0.5, 0.6) is 11.5 Å². The molecule has 0 unspecified atom stereocenters. The van der Waals surface area contributed by atoms with Crippen LogP contribution in [-0.4, -0.2) is 29.7 Å². The van der Waals surface area contributed by atoms with E-state index in [1.807, 2.05) is 41.1 Å². The Morgan fingerprint density at radius 1 is 1.00 bits per heavy atom. The quantitative estimate of drug-likeness (QED) is 0.620. The summed E-state index contributed by atoms with van der Waals surface area (Å²) in [6.45, 7) is 1.31. The summed E-state index contributed by atoms with van der Waals surface area (Å²) < 4.78 is 12.6. The standard InChI is InChI=1S/C22H25N3O3/c1-27-20-11-19(12-21(13-20)28-2)7-8-22(26)24-14-17-3-5-18(6-4-17)15-25-10-9-23-16-25/h3-6,9-13,16H,7-8,14-15H2,1-2H3,(H,24,26). The minimum Gasteiger partial charge on any atom is -0.497 e. The van der Waals surface area contributed by atoms with Crippen molar-refractivity contribution >= 4 is 5.91 Å². The summed E-state index contributed by atoms with van der Waals surface area (Å²) in [5.74, 6) is 1.47. The van der Waals surface area contributed by atoms with Crippen molar-refractivity contribution in [3.63, 3.8) is 0 Å². The number of amides is 1. The second-order valence-electron chi connectivity index (χ2n) is 6.55. The number of methoxy groups -OCH3 is 2. The third-order valence-electron chi connectivity index (χ3n) is 4.49. The first-order chi connectivity index (χ1) is 13.7. The van der Waals surface area contributed by atoms with E-state index < -0.39 is 0 Å². The van der Waals surface area contributed by atoms with Gasteiger partial charge in [-0.25, -0.2) is 4.98 Å². The molecule has 2 aromatic carbocycles. The summed E-state index contributed by atoms with van der Waals surface area (Å²) in [5, 5.41) is 2.97. The smallest absolute Gasteiger partial charge is 0.220 e. The molecule has 0 fully saturated rings. The molecule has 0 bridgehead atoms. The summed E-state index contributed by atoms with van der Waals surface area (Å²) in [4.78, 5) is 16.2. The van der Waals surface area contributed by atoms with E-state index in [0.717, 1.165) is 29.2 Å². The Labute approximate surface area is 165 Å². The fourth-order valence-corrected chi connectivity index (χ4v) is 2.91. The van der Waals surface area contributed by atoms with Crippen LogP contribution in [-0.2, 0) is 24.3 Å². The molecule has 0 aliphatic heterocycles. The number of nitrogens with one attached hydrogen (secondary N) is 1. The van der Waals surface area contributed by atoms with Crippen molar-refractivity contribution < 1.29 is 14.3 Å². The molecule has 0 aliphatic carbocycles. The first-order valence-corrected chi connectivity index (χ1v) is 9.18. The minimum absolute atomic E-state index is 0.0179. The van der Waals surface area contributed by atoms with E-state index >= 15 is 0 Å². The van der Waals surface area contributed by atoms with E-state index in [-0.39, 0.29) is 5.91 Å². The van der Waals surface area contributed by atoms with Crippen LogP contribution < -0.4 is 14.8 Å². The number of benzene rings is 2. The van der Waals surface area contributed by atoms with Gasteiger partial charge in [-0.1, -0.05) is 24.3 Å². The molecule has 1 aromatic heterocycles. The second kappa shape index (κ2) is 9.60. The predicted octanol–water partition coefficient (Wildman–Crippen LogP) is 3.20. The van der Waals surface area contributed by atoms with Crippen molar-refractivity contribution in [2.75, 3.05) is 14.2 Å². The number of rotatable bonds is 9. The van der Waals surface area contributed by atoms with E-state index in [4.69, 9.17) is 9.47 Å². The Morgan fingerprint density at radius 2 is 1.68 bits per heavy atom. The molecule has 3 rings (SSSR count). The summed E-state index contributed by atoms with van der Waals surface area (Å²) in [7, 11) is 3.23. The summed E-state index contributed by atoms with van der Waals surface area (Å²) >= 11 is 0. The Bertz CT molecular complexity index is 868. The number of hydrogen-bond donors (Lipinski definition) is 1. The molecule has 28 heavy (non-hydrogen) atoms. The van der Waals surface area contributed by atoms with Crippen LogP contribution in [0, 0.1) is 0 Å². The van der Waals surface area contributed by atoms with Gasteiger partial charge in [-0.3, -0.25) is 4.79 Å². The lowest BCUT2D eigenvalue weighted by atomic mass is 10.1. The maximum Gasteiger partial charge on any atom is 0.220 e. The summed E-state index contributed by atoms with van der Waals surface area (Å²) in [6.07, 6.45) is 6.54. The van der Waals surface area contributed by atoms with Gasteiger partial charge in [-0.05, 0) is 35.2 Å². The molecular formula is C22H25N3O3. The van der Waals surface area contributed by atoms with Crippen molar-refractivity contribution in [1.29, 1.82) is 0 Å². The van der Waals surface area contributed by atoms with Gasteiger partial charge in [0.1, 0.15) is 11.5 Å². The highest BCUT2D eigenvalue weighted by Crippen LogP contribution is 2.23. The normalized spacial score (nSPS) is 10.5. The number of aromatic nitrogens is 2. The second-order valence-corrected chi connectivity index (χ2v) is 6.55. The van der Waals surface area contributed by atoms with E-state index in [1.54, 1.807) is 26.7 Å². The highest BCUT2D eigenvalue weighted by Gasteiger charge is 2.06. The summed E-state index contributed by atoms with van der Waals surface area (Å²) in [6, 6.07) is 13.9. The first-order valence-electron chi connectivity index (χ1n) is 9.18. The lowest BCUT2D eigenvalue weighted by molar-refractivity contribution is -0.121. The van der Waals surface area contributed by atoms with Gasteiger partial charge in [0, 0.05) is 38.0 Å². The Balaban J connectivity index is 1.46. The Morgan fingerprint density at radius 3 is 2.29 bits per heavy atom. The van der Waals surface area contributed by atoms with Crippen molar-refractivity contribution in [3.8, 4) is 11.5 Å². The van der Waals surface area contributed by atoms with E-state index in [9.17, 15) is 4.79 Å². The number of ether oxygens (including phenoxy) is 2. The number of nitrogens with zero attached hydrogens (tertiary/aromatic N) is 2. The molecule has 3 aromatic rings. The molecule has 0 radical (unpaired) electrons. The fourth-order valence-electron chi connectivity index (χ4n) is 2.91. The highest BCUT2D eigenvalue weighted by atomic mass is 16.5. The van der Waals surface area contributed by atoms with Crippen LogP contribution in [0.3, 0.4) is 0 Å². The molecule has 6 nitrogen and oxygen atoms in total. The van der Waals surface area contributed by atoms with Gasteiger partial charge in [0.15, 0.2) is 0 Å². The largest absolute Gasteiger partial charge is 0.497 e. The maximum atomic E-state index is 12.2. The average molecular weight is 379 g/mol. The van der Waals surface area contributed by atoms with E-state index in [1.165, 1.54) is 5.56 Å². The van der Waals surface area contributed by atoms with Gasteiger partial charge in [0.05, 0.1) is 20.5 Å². The fraction of sp³-hybridized carbons (Fsp3) is 0.273. The lowest BCUT2D eigenvalue weighted by Crippen LogP contribution is -2.23. The van der Waals surface area contributed by atoms with Gasteiger partial charge in [-0.2, -0.15) is 0 Å².